The molecule has 24 heavy (non-hydrogen) atoms. The molecule has 1 aliphatic heterocycles. The summed E-state index contributed by atoms with van der Waals surface area (Å²) < 4.78 is 56.5. The van der Waals surface area contributed by atoms with E-state index in [0.29, 0.717) is 30.7 Å². The SMILES string of the molecule is O=c1cc([C@H]2CCN[C@H](Cc3ccc(C(F)(F)F)c(F)c3)C2)o[nH]1. The lowest BCUT2D eigenvalue weighted by molar-refractivity contribution is -0.140. The molecule has 0 aliphatic carbocycles. The molecule has 0 bridgehead atoms. The molecular formula is C16H16F4N2O2. The number of alkyl halides is 3. The maximum Gasteiger partial charge on any atom is 0.419 e. The van der Waals surface area contributed by atoms with Crippen LogP contribution in [-0.4, -0.2) is 17.7 Å². The maximum atomic E-state index is 13.7. The van der Waals surface area contributed by atoms with Gasteiger partial charge in [-0.05, 0) is 43.5 Å². The summed E-state index contributed by atoms with van der Waals surface area (Å²) in [4.78, 5) is 11.2. The summed E-state index contributed by atoms with van der Waals surface area (Å²) in [5, 5.41) is 5.51. The summed E-state index contributed by atoms with van der Waals surface area (Å²) >= 11 is 0. The molecule has 2 aromatic rings. The van der Waals surface area contributed by atoms with Gasteiger partial charge in [-0.3, -0.25) is 4.79 Å². The quantitative estimate of drug-likeness (QED) is 0.841. The third kappa shape index (κ3) is 3.69. The molecule has 3 rings (SSSR count). The average Bonchev–Trinajstić information content (AvgIpc) is 2.93. The molecule has 0 amide bonds. The van der Waals surface area contributed by atoms with Crippen LogP contribution in [-0.2, 0) is 12.6 Å². The van der Waals surface area contributed by atoms with Crippen molar-refractivity contribution in [2.45, 2.75) is 37.4 Å². The standard InChI is InChI=1S/C16H16F4N2O2/c17-13-6-9(1-2-12(13)16(18,19)20)5-11-7-10(3-4-21-11)14-8-15(23)22-24-14/h1-2,6,8,10-11,21H,3-5,7H2,(H,22,23)/t10-,11+/m0/s1. The Morgan fingerprint density at radius 1 is 1.25 bits per heavy atom. The fourth-order valence-corrected chi connectivity index (χ4v) is 3.12. The number of piperidine rings is 1. The Balaban J connectivity index is 1.69. The summed E-state index contributed by atoms with van der Waals surface area (Å²) in [5.41, 5.74) is -1.06. The van der Waals surface area contributed by atoms with Crippen LogP contribution in [0.15, 0.2) is 33.6 Å². The zero-order valence-corrected chi connectivity index (χ0v) is 12.6. The van der Waals surface area contributed by atoms with Crippen molar-refractivity contribution in [2.75, 3.05) is 6.54 Å². The van der Waals surface area contributed by atoms with Gasteiger partial charge in [0.2, 0.25) is 0 Å². The first-order chi connectivity index (χ1) is 11.3. The Morgan fingerprint density at radius 3 is 2.67 bits per heavy atom. The minimum absolute atomic E-state index is 0.0277. The molecule has 1 fully saturated rings. The van der Waals surface area contributed by atoms with Crippen LogP contribution in [0.5, 0.6) is 0 Å². The van der Waals surface area contributed by atoms with Crippen molar-refractivity contribution in [3.8, 4) is 0 Å². The van der Waals surface area contributed by atoms with E-state index in [1.807, 2.05) is 0 Å². The molecule has 1 aliphatic rings. The van der Waals surface area contributed by atoms with Crippen molar-refractivity contribution in [3.63, 3.8) is 0 Å². The van der Waals surface area contributed by atoms with Crippen LogP contribution in [0, 0.1) is 5.82 Å². The van der Waals surface area contributed by atoms with Crippen molar-refractivity contribution >= 4 is 0 Å². The van der Waals surface area contributed by atoms with Crippen molar-refractivity contribution < 1.29 is 22.1 Å². The molecule has 130 valence electrons. The van der Waals surface area contributed by atoms with Gasteiger partial charge in [-0.15, -0.1) is 0 Å². The molecule has 0 spiro atoms. The molecule has 0 radical (unpaired) electrons. The summed E-state index contributed by atoms with van der Waals surface area (Å²) in [6.07, 6.45) is -2.84. The largest absolute Gasteiger partial charge is 0.419 e. The van der Waals surface area contributed by atoms with E-state index < -0.39 is 17.6 Å². The second-order valence-electron chi connectivity index (χ2n) is 6.00. The third-order valence-corrected chi connectivity index (χ3v) is 4.26. The topological polar surface area (TPSA) is 58.0 Å². The van der Waals surface area contributed by atoms with E-state index in [1.54, 1.807) is 0 Å². The number of hydrogen-bond donors (Lipinski definition) is 2. The molecule has 2 heterocycles. The number of aromatic amines is 1. The fraction of sp³-hybridized carbons (Fsp3) is 0.438. The zero-order valence-electron chi connectivity index (χ0n) is 12.6. The van der Waals surface area contributed by atoms with Crippen molar-refractivity contribution in [1.29, 1.82) is 0 Å². The van der Waals surface area contributed by atoms with Crippen LogP contribution < -0.4 is 10.9 Å². The van der Waals surface area contributed by atoms with E-state index in [2.05, 4.69) is 10.5 Å². The van der Waals surface area contributed by atoms with Gasteiger partial charge in [0.15, 0.2) is 0 Å². The lowest BCUT2D eigenvalue weighted by Gasteiger charge is -2.29. The Labute approximate surface area is 134 Å². The highest BCUT2D eigenvalue weighted by atomic mass is 19.4. The molecule has 8 heteroatoms. The molecule has 0 unspecified atom stereocenters. The van der Waals surface area contributed by atoms with Crippen LogP contribution in [0.3, 0.4) is 0 Å². The predicted molar refractivity (Wildman–Crippen MR) is 78.2 cm³/mol. The highest BCUT2D eigenvalue weighted by molar-refractivity contribution is 5.27. The van der Waals surface area contributed by atoms with Gasteiger partial charge in [-0.25, -0.2) is 4.39 Å². The predicted octanol–water partition coefficient (Wildman–Crippen LogP) is 3.20. The van der Waals surface area contributed by atoms with E-state index in [0.717, 1.165) is 18.6 Å². The molecular weight excluding hydrogens is 328 g/mol. The van der Waals surface area contributed by atoms with Gasteiger partial charge in [0.1, 0.15) is 11.6 Å². The van der Waals surface area contributed by atoms with Gasteiger partial charge in [0.25, 0.3) is 5.56 Å². The molecule has 2 atom stereocenters. The smallest absolute Gasteiger partial charge is 0.383 e. The van der Waals surface area contributed by atoms with Gasteiger partial charge in [0, 0.05) is 18.0 Å². The maximum absolute atomic E-state index is 13.7. The highest BCUT2D eigenvalue weighted by Gasteiger charge is 2.34. The lowest BCUT2D eigenvalue weighted by atomic mass is 9.87. The van der Waals surface area contributed by atoms with E-state index in [9.17, 15) is 22.4 Å². The van der Waals surface area contributed by atoms with Gasteiger partial charge in [0.05, 0.1) is 5.56 Å². The first-order valence-corrected chi connectivity index (χ1v) is 7.60. The third-order valence-electron chi connectivity index (χ3n) is 4.26. The molecule has 2 N–H and O–H groups in total. The molecule has 1 aromatic carbocycles. The monoisotopic (exact) mass is 344 g/mol. The van der Waals surface area contributed by atoms with Gasteiger partial charge in [-0.2, -0.15) is 18.3 Å². The number of halogens is 4. The minimum Gasteiger partial charge on any atom is -0.383 e. The number of rotatable bonds is 3. The van der Waals surface area contributed by atoms with Crippen LogP contribution in [0.4, 0.5) is 17.6 Å². The number of benzene rings is 1. The second-order valence-corrected chi connectivity index (χ2v) is 6.00. The highest BCUT2D eigenvalue weighted by Crippen LogP contribution is 2.32. The fourth-order valence-electron chi connectivity index (χ4n) is 3.12. The normalized spacial score (nSPS) is 21.8. The Hall–Kier alpha value is -2.09. The van der Waals surface area contributed by atoms with Crippen LogP contribution in [0.1, 0.15) is 35.6 Å². The van der Waals surface area contributed by atoms with Gasteiger partial charge < -0.3 is 9.84 Å². The summed E-state index contributed by atoms with van der Waals surface area (Å²) in [7, 11) is 0. The van der Waals surface area contributed by atoms with Crippen LogP contribution in [0.2, 0.25) is 0 Å². The van der Waals surface area contributed by atoms with E-state index in [4.69, 9.17) is 4.52 Å². The average molecular weight is 344 g/mol. The second kappa shape index (κ2) is 6.43. The molecule has 0 saturated carbocycles. The van der Waals surface area contributed by atoms with Crippen molar-refractivity contribution in [1.82, 2.24) is 10.5 Å². The van der Waals surface area contributed by atoms with Crippen LogP contribution >= 0.6 is 0 Å². The van der Waals surface area contributed by atoms with E-state index in [1.165, 1.54) is 12.1 Å². The number of hydrogen-bond acceptors (Lipinski definition) is 3. The summed E-state index contributed by atoms with van der Waals surface area (Å²) in [6.45, 7) is 0.688. The first-order valence-electron chi connectivity index (χ1n) is 7.60. The molecule has 4 nitrogen and oxygen atoms in total. The zero-order chi connectivity index (χ0) is 17.3. The van der Waals surface area contributed by atoms with E-state index in [-0.39, 0.29) is 17.5 Å². The Kier molecular flexibility index (Phi) is 4.49. The van der Waals surface area contributed by atoms with Crippen molar-refractivity contribution in [2.24, 2.45) is 0 Å². The number of H-pyrrole nitrogens is 1. The Morgan fingerprint density at radius 2 is 2.04 bits per heavy atom. The van der Waals surface area contributed by atoms with E-state index >= 15 is 0 Å². The number of nitrogens with one attached hydrogen (secondary N) is 2. The van der Waals surface area contributed by atoms with Gasteiger partial charge in [-0.1, -0.05) is 6.07 Å². The van der Waals surface area contributed by atoms with Crippen LogP contribution in [0.25, 0.3) is 0 Å². The Bertz CT molecular complexity index is 766. The first kappa shape index (κ1) is 16.8. The molecule has 1 aromatic heterocycles. The summed E-state index contributed by atoms with van der Waals surface area (Å²) in [6, 6.07) is 4.39. The summed E-state index contributed by atoms with van der Waals surface area (Å²) in [5.74, 6) is -0.636. The van der Waals surface area contributed by atoms with Gasteiger partial charge >= 0.3 is 6.18 Å². The lowest BCUT2D eigenvalue weighted by Crippen LogP contribution is -2.38. The molecule has 1 saturated heterocycles. The number of aromatic nitrogens is 1. The minimum atomic E-state index is -4.69. The van der Waals surface area contributed by atoms with Crippen molar-refractivity contribution in [3.05, 3.63) is 57.3 Å².